The summed E-state index contributed by atoms with van der Waals surface area (Å²) in [4.78, 5) is 29.4. The van der Waals surface area contributed by atoms with Crippen molar-refractivity contribution in [2.45, 2.75) is 0 Å². The van der Waals surface area contributed by atoms with Gasteiger partial charge in [0.2, 0.25) is 0 Å². The van der Waals surface area contributed by atoms with Gasteiger partial charge in [-0.15, -0.1) is 0 Å². The average Bonchev–Trinajstić information content (AvgIpc) is 2.96. The highest BCUT2D eigenvalue weighted by Gasteiger charge is 2.12. The first-order valence-electron chi connectivity index (χ1n) is 11.9. The lowest BCUT2D eigenvalue weighted by atomic mass is 10.2. The monoisotopic (exact) mass is 501 g/mol. The van der Waals surface area contributed by atoms with Crippen LogP contribution >= 0.6 is 0 Å². The van der Waals surface area contributed by atoms with Crippen molar-refractivity contribution in [2.75, 3.05) is 10.6 Å². The minimum absolute atomic E-state index is 0.188. The highest BCUT2D eigenvalue weighted by molar-refractivity contribution is 6.06. The van der Waals surface area contributed by atoms with E-state index in [1.165, 1.54) is 12.3 Å². The molecule has 38 heavy (non-hydrogen) atoms. The summed E-state index contributed by atoms with van der Waals surface area (Å²) in [6.45, 7) is 0. The average molecular weight is 502 g/mol. The standard InChI is InChI=1S/C31H23N3O4/c35-30(33-23-12-16-27(17-13-23)37-25-7-3-1-4-8-25)22-11-20-29(32-21-22)31(36)34-24-14-18-28(19-15-24)38-26-9-5-2-6-10-26/h1-21H,(H,33,35)(H,34,36). The lowest BCUT2D eigenvalue weighted by Crippen LogP contribution is -2.16. The number of pyridine rings is 1. The number of benzene rings is 4. The Morgan fingerprint density at radius 3 is 1.39 bits per heavy atom. The Kier molecular flexibility index (Phi) is 7.37. The zero-order chi connectivity index (χ0) is 26.2. The van der Waals surface area contributed by atoms with Crippen molar-refractivity contribution < 1.29 is 19.1 Å². The van der Waals surface area contributed by atoms with Crippen LogP contribution in [-0.2, 0) is 0 Å². The van der Waals surface area contributed by atoms with Gasteiger partial charge in [-0.2, -0.15) is 0 Å². The molecule has 186 valence electrons. The van der Waals surface area contributed by atoms with Gasteiger partial charge in [-0.05, 0) is 84.9 Å². The third-order valence-corrected chi connectivity index (χ3v) is 5.44. The van der Waals surface area contributed by atoms with Crippen molar-refractivity contribution in [3.05, 3.63) is 139 Å². The van der Waals surface area contributed by atoms with Crippen LogP contribution in [0.4, 0.5) is 11.4 Å². The van der Waals surface area contributed by atoms with Gasteiger partial charge in [-0.1, -0.05) is 36.4 Å². The summed E-state index contributed by atoms with van der Waals surface area (Å²) >= 11 is 0. The smallest absolute Gasteiger partial charge is 0.274 e. The van der Waals surface area contributed by atoms with Crippen molar-refractivity contribution in [2.24, 2.45) is 0 Å². The molecule has 5 rings (SSSR count). The van der Waals surface area contributed by atoms with Crippen LogP contribution in [0.3, 0.4) is 0 Å². The molecule has 0 atom stereocenters. The number of nitrogens with zero attached hydrogens (tertiary/aromatic N) is 1. The van der Waals surface area contributed by atoms with Crippen LogP contribution < -0.4 is 20.1 Å². The number of carbonyl (C=O) groups is 2. The molecule has 7 heteroatoms. The summed E-state index contributed by atoms with van der Waals surface area (Å²) in [7, 11) is 0. The van der Waals surface area contributed by atoms with Crippen LogP contribution in [0, 0.1) is 0 Å². The third kappa shape index (κ3) is 6.41. The van der Waals surface area contributed by atoms with E-state index in [2.05, 4.69) is 15.6 Å². The Balaban J connectivity index is 1.14. The van der Waals surface area contributed by atoms with Gasteiger partial charge < -0.3 is 20.1 Å². The number of anilines is 2. The highest BCUT2D eigenvalue weighted by Crippen LogP contribution is 2.24. The van der Waals surface area contributed by atoms with E-state index in [1.807, 2.05) is 60.7 Å². The van der Waals surface area contributed by atoms with Gasteiger partial charge in [0.1, 0.15) is 28.7 Å². The lowest BCUT2D eigenvalue weighted by Gasteiger charge is -2.09. The van der Waals surface area contributed by atoms with Crippen LogP contribution in [-0.4, -0.2) is 16.8 Å². The molecule has 1 aromatic heterocycles. The lowest BCUT2D eigenvalue weighted by molar-refractivity contribution is 0.101. The van der Waals surface area contributed by atoms with Gasteiger partial charge in [0.25, 0.3) is 11.8 Å². The quantitative estimate of drug-likeness (QED) is 0.235. The summed E-state index contributed by atoms with van der Waals surface area (Å²) in [6.07, 6.45) is 1.37. The molecule has 0 aliphatic carbocycles. The van der Waals surface area contributed by atoms with E-state index in [4.69, 9.17) is 9.47 Å². The summed E-state index contributed by atoms with van der Waals surface area (Å²) in [5.74, 6) is 2.05. The molecule has 7 nitrogen and oxygen atoms in total. The van der Waals surface area contributed by atoms with E-state index in [0.717, 1.165) is 11.5 Å². The molecule has 2 N–H and O–H groups in total. The number of nitrogens with one attached hydrogen (secondary N) is 2. The maximum Gasteiger partial charge on any atom is 0.274 e. The van der Waals surface area contributed by atoms with Gasteiger partial charge in [-0.3, -0.25) is 14.6 Å². The molecule has 0 radical (unpaired) electrons. The maximum atomic E-state index is 12.6. The van der Waals surface area contributed by atoms with Crippen LogP contribution in [0.2, 0.25) is 0 Å². The zero-order valence-electron chi connectivity index (χ0n) is 20.2. The Hall–Kier alpha value is -5.43. The molecular formula is C31H23N3O4. The molecule has 0 saturated heterocycles. The van der Waals surface area contributed by atoms with E-state index >= 15 is 0 Å². The first-order valence-corrected chi connectivity index (χ1v) is 11.9. The second-order valence-electron chi connectivity index (χ2n) is 8.22. The molecule has 0 aliphatic rings. The highest BCUT2D eigenvalue weighted by atomic mass is 16.5. The van der Waals surface area contributed by atoms with Gasteiger partial charge in [0.15, 0.2) is 0 Å². The van der Waals surface area contributed by atoms with Crippen LogP contribution in [0.25, 0.3) is 0 Å². The fourth-order valence-corrected chi connectivity index (χ4v) is 3.52. The topological polar surface area (TPSA) is 89.5 Å². The fraction of sp³-hybridized carbons (Fsp3) is 0. The molecule has 4 aromatic carbocycles. The Morgan fingerprint density at radius 1 is 0.500 bits per heavy atom. The number of amides is 2. The first kappa shape index (κ1) is 24.3. The number of ether oxygens (including phenoxy) is 2. The Labute approximate surface area is 219 Å². The largest absolute Gasteiger partial charge is 0.457 e. The van der Waals surface area contributed by atoms with Gasteiger partial charge >= 0.3 is 0 Å². The van der Waals surface area contributed by atoms with Crippen molar-refractivity contribution in [3.8, 4) is 23.0 Å². The number of para-hydroxylation sites is 2. The van der Waals surface area contributed by atoms with E-state index in [-0.39, 0.29) is 17.5 Å². The number of hydrogen-bond acceptors (Lipinski definition) is 5. The second kappa shape index (κ2) is 11.5. The SMILES string of the molecule is O=C(Nc1ccc(Oc2ccccc2)cc1)c1ccc(C(=O)Nc2ccc(Oc3ccccc3)cc2)nc1. The summed E-state index contributed by atoms with van der Waals surface area (Å²) in [5.41, 5.74) is 1.72. The molecular weight excluding hydrogens is 478 g/mol. The van der Waals surface area contributed by atoms with E-state index in [9.17, 15) is 9.59 Å². The minimum Gasteiger partial charge on any atom is -0.457 e. The van der Waals surface area contributed by atoms with Gasteiger partial charge in [0, 0.05) is 17.6 Å². The normalized spacial score (nSPS) is 10.3. The summed E-state index contributed by atoms with van der Waals surface area (Å²) in [5, 5.41) is 5.60. The van der Waals surface area contributed by atoms with Crippen molar-refractivity contribution in [3.63, 3.8) is 0 Å². The molecule has 1 heterocycles. The van der Waals surface area contributed by atoms with E-state index < -0.39 is 0 Å². The summed E-state index contributed by atoms with van der Waals surface area (Å²) in [6, 6.07) is 36.0. The molecule has 5 aromatic rings. The van der Waals surface area contributed by atoms with Crippen molar-refractivity contribution >= 4 is 23.2 Å². The number of aromatic nitrogens is 1. The van der Waals surface area contributed by atoms with Gasteiger partial charge in [-0.25, -0.2) is 0 Å². The number of rotatable bonds is 8. The second-order valence-corrected chi connectivity index (χ2v) is 8.22. The van der Waals surface area contributed by atoms with E-state index in [1.54, 1.807) is 54.6 Å². The van der Waals surface area contributed by atoms with Crippen LogP contribution in [0.1, 0.15) is 20.8 Å². The third-order valence-electron chi connectivity index (χ3n) is 5.44. The fourth-order valence-electron chi connectivity index (χ4n) is 3.52. The predicted molar refractivity (Wildman–Crippen MR) is 146 cm³/mol. The summed E-state index contributed by atoms with van der Waals surface area (Å²) < 4.78 is 11.5. The minimum atomic E-state index is -0.386. The van der Waals surface area contributed by atoms with Crippen LogP contribution in [0.15, 0.2) is 128 Å². The Bertz CT molecular complexity index is 1390. The van der Waals surface area contributed by atoms with E-state index in [0.29, 0.717) is 28.4 Å². The molecule has 0 fully saturated rings. The van der Waals surface area contributed by atoms with Crippen molar-refractivity contribution in [1.82, 2.24) is 4.98 Å². The maximum absolute atomic E-state index is 12.6. The molecule has 0 unspecified atom stereocenters. The zero-order valence-corrected chi connectivity index (χ0v) is 20.2. The Morgan fingerprint density at radius 2 is 0.947 bits per heavy atom. The molecule has 2 amide bonds. The number of carbonyl (C=O) groups excluding carboxylic acids is 2. The number of hydrogen-bond donors (Lipinski definition) is 2. The molecule has 0 saturated carbocycles. The predicted octanol–water partition coefficient (Wildman–Crippen LogP) is 7.17. The molecule has 0 bridgehead atoms. The molecule has 0 aliphatic heterocycles. The van der Waals surface area contributed by atoms with Crippen molar-refractivity contribution in [1.29, 1.82) is 0 Å². The molecule has 0 spiro atoms. The van der Waals surface area contributed by atoms with Crippen LogP contribution in [0.5, 0.6) is 23.0 Å². The van der Waals surface area contributed by atoms with Gasteiger partial charge in [0.05, 0.1) is 5.56 Å². The first-order chi connectivity index (χ1) is 18.6.